The van der Waals surface area contributed by atoms with Gasteiger partial charge in [-0.15, -0.1) is 0 Å². The molecule has 2 N–H and O–H groups in total. The van der Waals surface area contributed by atoms with Crippen molar-refractivity contribution in [2.75, 3.05) is 45.8 Å². The molecule has 0 radical (unpaired) electrons. The molecule has 1 aromatic carbocycles. The van der Waals surface area contributed by atoms with Crippen molar-refractivity contribution in [1.82, 2.24) is 20.4 Å². The van der Waals surface area contributed by atoms with E-state index in [4.69, 9.17) is 0 Å². The minimum atomic E-state index is -0.193. The Morgan fingerprint density at radius 1 is 1.11 bits per heavy atom. The third kappa shape index (κ3) is 5.08. The van der Waals surface area contributed by atoms with Gasteiger partial charge in [0.15, 0.2) is 0 Å². The summed E-state index contributed by atoms with van der Waals surface area (Å²) in [4.78, 5) is 29.2. The van der Waals surface area contributed by atoms with Crippen LogP contribution in [-0.2, 0) is 10.2 Å². The summed E-state index contributed by atoms with van der Waals surface area (Å²) in [6.07, 6.45) is 1.02. The molecule has 0 aliphatic carbocycles. The van der Waals surface area contributed by atoms with Crippen LogP contribution in [0.5, 0.6) is 0 Å². The molecule has 0 spiro atoms. The standard InChI is InChI=1S/C21H32N4O2/c1-21(2,3)17-6-4-16(5-7-17)20(27)23-14-19(26)25-11-8-18(15-25)24-12-9-22-10-13-24/h4-7,18,22H,8-15H2,1-3H3,(H,23,27). The van der Waals surface area contributed by atoms with Gasteiger partial charge in [-0.05, 0) is 29.5 Å². The Labute approximate surface area is 162 Å². The lowest BCUT2D eigenvalue weighted by atomic mass is 9.87. The highest BCUT2D eigenvalue weighted by atomic mass is 16.2. The fourth-order valence-electron chi connectivity index (χ4n) is 3.81. The first-order chi connectivity index (χ1) is 12.8. The van der Waals surface area contributed by atoms with Crippen molar-refractivity contribution in [3.05, 3.63) is 35.4 Å². The van der Waals surface area contributed by atoms with E-state index < -0.39 is 0 Å². The molecule has 0 aromatic heterocycles. The van der Waals surface area contributed by atoms with Gasteiger partial charge in [0.2, 0.25) is 5.91 Å². The highest BCUT2D eigenvalue weighted by Crippen LogP contribution is 2.22. The Balaban J connectivity index is 1.47. The average molecular weight is 373 g/mol. The van der Waals surface area contributed by atoms with Crippen LogP contribution in [0, 0.1) is 0 Å². The van der Waals surface area contributed by atoms with E-state index in [2.05, 4.69) is 36.3 Å². The molecule has 1 atom stereocenters. The van der Waals surface area contributed by atoms with E-state index in [0.717, 1.165) is 45.7 Å². The maximum atomic E-state index is 12.5. The van der Waals surface area contributed by atoms with Crippen LogP contribution >= 0.6 is 0 Å². The van der Waals surface area contributed by atoms with Crippen molar-refractivity contribution >= 4 is 11.8 Å². The molecule has 6 nitrogen and oxygen atoms in total. The zero-order valence-corrected chi connectivity index (χ0v) is 16.8. The minimum absolute atomic E-state index is 0.00676. The number of rotatable bonds is 4. The number of hydrogen-bond donors (Lipinski definition) is 2. The van der Waals surface area contributed by atoms with Crippen LogP contribution in [-0.4, -0.2) is 73.5 Å². The van der Waals surface area contributed by atoms with Crippen molar-refractivity contribution in [2.24, 2.45) is 0 Å². The minimum Gasteiger partial charge on any atom is -0.343 e. The van der Waals surface area contributed by atoms with E-state index in [1.165, 1.54) is 5.56 Å². The fourth-order valence-corrected chi connectivity index (χ4v) is 3.81. The number of likely N-dealkylation sites (tertiary alicyclic amines) is 1. The summed E-state index contributed by atoms with van der Waals surface area (Å²) < 4.78 is 0. The van der Waals surface area contributed by atoms with Gasteiger partial charge in [-0.2, -0.15) is 0 Å². The summed E-state index contributed by atoms with van der Waals surface area (Å²) in [5.74, 6) is -0.186. The Hall–Kier alpha value is -1.92. The van der Waals surface area contributed by atoms with E-state index in [-0.39, 0.29) is 23.8 Å². The van der Waals surface area contributed by atoms with Crippen LogP contribution in [0.3, 0.4) is 0 Å². The molecule has 2 heterocycles. The lowest BCUT2D eigenvalue weighted by Crippen LogP contribution is -2.49. The van der Waals surface area contributed by atoms with Gasteiger partial charge in [-0.3, -0.25) is 14.5 Å². The predicted molar refractivity (Wildman–Crippen MR) is 107 cm³/mol. The Kier molecular flexibility index (Phi) is 6.17. The maximum Gasteiger partial charge on any atom is 0.251 e. The first kappa shape index (κ1) is 19.8. The predicted octanol–water partition coefficient (Wildman–Crippen LogP) is 1.22. The summed E-state index contributed by atoms with van der Waals surface area (Å²) in [6, 6.07) is 8.08. The molecule has 1 aromatic rings. The fraction of sp³-hybridized carbons (Fsp3) is 0.619. The van der Waals surface area contributed by atoms with Gasteiger partial charge in [-0.1, -0.05) is 32.9 Å². The molecule has 2 fully saturated rings. The van der Waals surface area contributed by atoms with Crippen molar-refractivity contribution in [3.63, 3.8) is 0 Å². The lowest BCUT2D eigenvalue weighted by Gasteiger charge is -2.32. The van der Waals surface area contributed by atoms with Crippen LogP contribution in [0.2, 0.25) is 0 Å². The largest absolute Gasteiger partial charge is 0.343 e. The topological polar surface area (TPSA) is 64.7 Å². The van der Waals surface area contributed by atoms with E-state index in [1.54, 1.807) is 0 Å². The van der Waals surface area contributed by atoms with Gasteiger partial charge in [0.25, 0.3) is 5.91 Å². The number of carbonyl (C=O) groups excluding carboxylic acids is 2. The quantitative estimate of drug-likeness (QED) is 0.834. The van der Waals surface area contributed by atoms with Crippen LogP contribution in [0.4, 0.5) is 0 Å². The van der Waals surface area contributed by atoms with Crippen LogP contribution < -0.4 is 10.6 Å². The van der Waals surface area contributed by atoms with Crippen LogP contribution in [0.25, 0.3) is 0 Å². The second-order valence-electron chi connectivity index (χ2n) is 8.58. The molecular formula is C21H32N4O2. The first-order valence-corrected chi connectivity index (χ1v) is 9.96. The van der Waals surface area contributed by atoms with Crippen LogP contribution in [0.1, 0.15) is 43.1 Å². The van der Waals surface area contributed by atoms with Crippen molar-refractivity contribution in [1.29, 1.82) is 0 Å². The molecule has 2 aliphatic rings. The van der Waals surface area contributed by atoms with Crippen molar-refractivity contribution < 1.29 is 9.59 Å². The number of nitrogens with zero attached hydrogens (tertiary/aromatic N) is 2. The van der Waals surface area contributed by atoms with E-state index in [9.17, 15) is 9.59 Å². The molecule has 0 saturated carbocycles. The third-order valence-electron chi connectivity index (χ3n) is 5.60. The molecule has 6 heteroatoms. The molecule has 1 unspecified atom stereocenters. The number of benzene rings is 1. The van der Waals surface area contributed by atoms with Crippen LogP contribution in [0.15, 0.2) is 24.3 Å². The summed E-state index contributed by atoms with van der Waals surface area (Å²) in [7, 11) is 0. The second kappa shape index (κ2) is 8.40. The number of piperazine rings is 1. The van der Waals surface area contributed by atoms with Crippen molar-refractivity contribution in [3.8, 4) is 0 Å². The number of carbonyl (C=O) groups is 2. The summed E-state index contributed by atoms with van der Waals surface area (Å²) >= 11 is 0. The summed E-state index contributed by atoms with van der Waals surface area (Å²) in [5, 5.41) is 6.14. The molecule has 0 bridgehead atoms. The first-order valence-electron chi connectivity index (χ1n) is 9.96. The third-order valence-corrected chi connectivity index (χ3v) is 5.60. The average Bonchev–Trinajstić information content (AvgIpc) is 3.16. The zero-order chi connectivity index (χ0) is 19.4. The van der Waals surface area contributed by atoms with Gasteiger partial charge in [0.05, 0.1) is 6.54 Å². The van der Waals surface area contributed by atoms with Gasteiger partial charge >= 0.3 is 0 Å². The molecular weight excluding hydrogens is 340 g/mol. The zero-order valence-electron chi connectivity index (χ0n) is 16.8. The molecule has 27 heavy (non-hydrogen) atoms. The van der Waals surface area contributed by atoms with Gasteiger partial charge < -0.3 is 15.5 Å². The lowest BCUT2D eigenvalue weighted by molar-refractivity contribution is -0.129. The Morgan fingerprint density at radius 2 is 1.78 bits per heavy atom. The molecule has 2 aliphatic heterocycles. The van der Waals surface area contributed by atoms with E-state index in [0.29, 0.717) is 11.6 Å². The smallest absolute Gasteiger partial charge is 0.251 e. The van der Waals surface area contributed by atoms with Gasteiger partial charge in [0.1, 0.15) is 0 Å². The Morgan fingerprint density at radius 3 is 2.41 bits per heavy atom. The maximum absolute atomic E-state index is 12.5. The molecule has 148 valence electrons. The van der Waals surface area contributed by atoms with E-state index >= 15 is 0 Å². The van der Waals surface area contributed by atoms with Gasteiger partial charge in [-0.25, -0.2) is 0 Å². The molecule has 2 amide bonds. The highest BCUT2D eigenvalue weighted by molar-refractivity contribution is 5.96. The van der Waals surface area contributed by atoms with Crippen molar-refractivity contribution in [2.45, 2.75) is 38.6 Å². The summed E-state index contributed by atoms with van der Waals surface area (Å²) in [6.45, 7) is 12.2. The Bertz CT molecular complexity index is 660. The summed E-state index contributed by atoms with van der Waals surface area (Å²) in [5.41, 5.74) is 1.84. The second-order valence-corrected chi connectivity index (χ2v) is 8.58. The SMILES string of the molecule is CC(C)(C)c1ccc(C(=O)NCC(=O)N2CCC(N3CCNCC3)C2)cc1. The molecule has 2 saturated heterocycles. The number of nitrogens with one attached hydrogen (secondary N) is 2. The van der Waals surface area contributed by atoms with E-state index in [1.807, 2.05) is 29.2 Å². The highest BCUT2D eigenvalue weighted by Gasteiger charge is 2.30. The van der Waals surface area contributed by atoms with Gasteiger partial charge in [0, 0.05) is 50.9 Å². The number of amides is 2. The number of hydrogen-bond acceptors (Lipinski definition) is 4. The monoisotopic (exact) mass is 372 g/mol. The normalized spacial score (nSPS) is 21.3. The molecule has 3 rings (SSSR count).